The van der Waals surface area contributed by atoms with Gasteiger partial charge in [-0.3, -0.25) is 5.10 Å². The minimum atomic E-state index is 0.0613. The van der Waals surface area contributed by atoms with E-state index >= 15 is 0 Å². The summed E-state index contributed by atoms with van der Waals surface area (Å²) in [6.07, 6.45) is 1.60. The van der Waals surface area contributed by atoms with Gasteiger partial charge in [-0.1, -0.05) is 30.3 Å². The van der Waals surface area contributed by atoms with Crippen molar-refractivity contribution >= 4 is 18.4 Å². The molecule has 2 aromatic carbocycles. The number of aromatic hydroxyl groups is 1. The third kappa shape index (κ3) is 3.42. The summed E-state index contributed by atoms with van der Waals surface area (Å²) in [5.41, 5.74) is 3.19. The molecule has 0 aliphatic carbocycles. The van der Waals surface area contributed by atoms with Gasteiger partial charge in [0.05, 0.1) is 19.0 Å². The number of aromatic nitrogens is 5. The highest BCUT2D eigenvalue weighted by atomic mass is 32.1. The Hall–Kier alpha value is -3.72. The number of nitrogens with one attached hydrogen (secondary N) is 2. The number of hydrogen-bond donors (Lipinski definition) is 3. The third-order valence-electron chi connectivity index (χ3n) is 4.06. The molecule has 4 aromatic rings. The molecule has 8 nitrogen and oxygen atoms in total. The average molecular weight is 392 g/mol. The number of phenols is 1. The maximum absolute atomic E-state index is 9.70. The molecule has 0 saturated carbocycles. The molecular formula is C19H16N6O2S. The van der Waals surface area contributed by atoms with Gasteiger partial charge >= 0.3 is 0 Å². The van der Waals surface area contributed by atoms with Crippen LogP contribution < -0.4 is 4.74 Å². The van der Waals surface area contributed by atoms with Crippen LogP contribution in [-0.2, 0) is 0 Å². The lowest BCUT2D eigenvalue weighted by Crippen LogP contribution is -1.95. The summed E-state index contributed by atoms with van der Waals surface area (Å²) >= 11 is 5.29. The topological polar surface area (TPSA) is 104 Å². The van der Waals surface area contributed by atoms with Crippen LogP contribution in [0.25, 0.3) is 22.8 Å². The average Bonchev–Trinajstić information content (AvgIpc) is 3.35. The van der Waals surface area contributed by atoms with Gasteiger partial charge in [0.25, 0.3) is 0 Å². The standard InChI is InChI=1S/C19H16N6O2S/c1-27-17-9-12(7-8-16(17)26)11-20-25-18(23-24-19(25)28)15-10-14(21-22-15)13-5-3-2-4-6-13/h2-11,26H,1H3,(H,21,22)(H,24,28). The molecule has 0 unspecified atom stereocenters. The summed E-state index contributed by atoms with van der Waals surface area (Å²) in [5, 5.41) is 28.4. The van der Waals surface area contributed by atoms with Crippen LogP contribution in [0.4, 0.5) is 0 Å². The zero-order valence-corrected chi connectivity index (χ0v) is 15.6. The first-order valence-corrected chi connectivity index (χ1v) is 8.76. The van der Waals surface area contributed by atoms with Gasteiger partial charge in [-0.2, -0.15) is 20.0 Å². The molecule has 0 aliphatic heterocycles. The maximum atomic E-state index is 9.70. The second-order valence-electron chi connectivity index (χ2n) is 5.87. The quantitative estimate of drug-likeness (QED) is 0.356. The first-order chi connectivity index (χ1) is 13.7. The third-order valence-corrected chi connectivity index (χ3v) is 4.33. The van der Waals surface area contributed by atoms with E-state index < -0.39 is 0 Å². The van der Waals surface area contributed by atoms with Crippen molar-refractivity contribution in [2.75, 3.05) is 7.11 Å². The van der Waals surface area contributed by atoms with Crippen molar-refractivity contribution in [1.29, 1.82) is 0 Å². The largest absolute Gasteiger partial charge is 0.504 e. The maximum Gasteiger partial charge on any atom is 0.216 e. The molecule has 4 rings (SSSR count). The molecule has 3 N–H and O–H groups in total. The van der Waals surface area contributed by atoms with Gasteiger partial charge in [0.2, 0.25) is 10.6 Å². The van der Waals surface area contributed by atoms with E-state index in [1.807, 2.05) is 36.4 Å². The lowest BCUT2D eigenvalue weighted by Gasteiger charge is -2.03. The molecule has 0 spiro atoms. The lowest BCUT2D eigenvalue weighted by molar-refractivity contribution is 0.373. The zero-order valence-electron chi connectivity index (χ0n) is 14.8. The summed E-state index contributed by atoms with van der Waals surface area (Å²) in [5.74, 6) is 0.925. The molecule has 0 atom stereocenters. The van der Waals surface area contributed by atoms with Gasteiger partial charge in [-0.25, -0.2) is 5.10 Å². The van der Waals surface area contributed by atoms with Crippen molar-refractivity contribution in [3.05, 3.63) is 64.9 Å². The Kier molecular flexibility index (Phi) is 4.73. The Morgan fingerprint density at radius 1 is 1.11 bits per heavy atom. The number of rotatable bonds is 5. The Morgan fingerprint density at radius 2 is 1.93 bits per heavy atom. The second-order valence-corrected chi connectivity index (χ2v) is 6.26. The number of ether oxygens (including phenoxy) is 1. The van der Waals surface area contributed by atoms with E-state index in [4.69, 9.17) is 17.0 Å². The van der Waals surface area contributed by atoms with Gasteiger partial charge in [0.15, 0.2) is 11.5 Å². The van der Waals surface area contributed by atoms with Crippen LogP contribution in [0.5, 0.6) is 11.5 Å². The van der Waals surface area contributed by atoms with Crippen molar-refractivity contribution < 1.29 is 9.84 Å². The Labute approximate surface area is 165 Å². The second kappa shape index (κ2) is 7.49. The van der Waals surface area contributed by atoms with Gasteiger partial charge in [0, 0.05) is 5.56 Å². The Morgan fingerprint density at radius 3 is 2.71 bits per heavy atom. The summed E-state index contributed by atoms with van der Waals surface area (Å²) < 4.78 is 6.95. The van der Waals surface area contributed by atoms with Crippen LogP contribution in [0.1, 0.15) is 5.56 Å². The molecule has 140 valence electrons. The Balaban J connectivity index is 1.67. The monoisotopic (exact) mass is 392 g/mol. The van der Waals surface area contributed by atoms with Gasteiger partial charge in [-0.05, 0) is 42.0 Å². The highest BCUT2D eigenvalue weighted by Gasteiger charge is 2.12. The van der Waals surface area contributed by atoms with Gasteiger partial charge < -0.3 is 9.84 Å². The summed E-state index contributed by atoms with van der Waals surface area (Å²) in [7, 11) is 1.49. The number of aromatic amines is 2. The summed E-state index contributed by atoms with van der Waals surface area (Å²) in [6.45, 7) is 0. The van der Waals surface area contributed by atoms with Crippen LogP contribution >= 0.6 is 12.2 Å². The van der Waals surface area contributed by atoms with Crippen LogP contribution in [0.15, 0.2) is 59.7 Å². The summed E-state index contributed by atoms with van der Waals surface area (Å²) in [4.78, 5) is 0. The fourth-order valence-corrected chi connectivity index (χ4v) is 2.84. The zero-order chi connectivity index (χ0) is 19.5. The molecule has 2 heterocycles. The van der Waals surface area contributed by atoms with Crippen LogP contribution in [-0.4, -0.2) is 43.5 Å². The molecule has 2 aromatic heterocycles. The minimum absolute atomic E-state index is 0.0613. The first-order valence-electron chi connectivity index (χ1n) is 8.35. The molecule has 9 heteroatoms. The lowest BCUT2D eigenvalue weighted by atomic mass is 10.1. The molecule has 0 bridgehead atoms. The predicted molar refractivity (Wildman–Crippen MR) is 108 cm³/mol. The number of H-pyrrole nitrogens is 2. The fraction of sp³-hybridized carbons (Fsp3) is 0.0526. The van der Waals surface area contributed by atoms with Crippen LogP contribution in [0.2, 0.25) is 0 Å². The SMILES string of the molecule is COc1cc(C=Nn2c(-c3cc(-c4ccccc4)n[nH]3)n[nH]c2=S)ccc1O. The van der Waals surface area contributed by atoms with E-state index in [-0.39, 0.29) is 5.75 Å². The number of phenolic OH excluding ortho intramolecular Hbond substituents is 1. The van der Waals surface area contributed by atoms with Gasteiger partial charge in [-0.15, -0.1) is 0 Å². The fourth-order valence-electron chi connectivity index (χ4n) is 2.67. The minimum Gasteiger partial charge on any atom is -0.504 e. The number of methoxy groups -OCH3 is 1. The highest BCUT2D eigenvalue weighted by molar-refractivity contribution is 7.71. The van der Waals surface area contributed by atoms with Crippen LogP contribution in [0, 0.1) is 4.77 Å². The highest BCUT2D eigenvalue weighted by Crippen LogP contribution is 2.26. The molecular weight excluding hydrogens is 376 g/mol. The van der Waals surface area contributed by atoms with E-state index in [1.54, 1.807) is 18.3 Å². The van der Waals surface area contributed by atoms with Crippen molar-refractivity contribution in [2.24, 2.45) is 5.10 Å². The number of hydrogen-bond acceptors (Lipinski definition) is 6. The van der Waals surface area contributed by atoms with E-state index in [1.165, 1.54) is 17.9 Å². The van der Waals surface area contributed by atoms with E-state index in [2.05, 4.69) is 25.5 Å². The first kappa shape index (κ1) is 17.7. The molecule has 28 heavy (non-hydrogen) atoms. The Bertz CT molecular complexity index is 1190. The number of nitrogens with zero attached hydrogens (tertiary/aromatic N) is 4. The van der Waals surface area contributed by atoms with E-state index in [0.29, 0.717) is 22.0 Å². The molecule has 0 fully saturated rings. The molecule has 0 amide bonds. The van der Waals surface area contributed by atoms with Crippen molar-refractivity contribution in [1.82, 2.24) is 25.1 Å². The predicted octanol–water partition coefficient (Wildman–Crippen LogP) is 3.59. The van der Waals surface area contributed by atoms with Crippen molar-refractivity contribution in [3.63, 3.8) is 0 Å². The molecule has 0 radical (unpaired) electrons. The van der Waals surface area contributed by atoms with Crippen LogP contribution in [0.3, 0.4) is 0 Å². The van der Waals surface area contributed by atoms with Crippen molar-refractivity contribution in [3.8, 4) is 34.3 Å². The molecule has 0 aliphatic rings. The van der Waals surface area contributed by atoms with E-state index in [9.17, 15) is 5.11 Å². The smallest absolute Gasteiger partial charge is 0.216 e. The summed E-state index contributed by atoms with van der Waals surface area (Å²) in [6, 6.07) is 16.6. The normalized spacial score (nSPS) is 11.2. The number of benzene rings is 2. The van der Waals surface area contributed by atoms with E-state index in [0.717, 1.165) is 16.8 Å². The molecule has 0 saturated heterocycles. The van der Waals surface area contributed by atoms with Crippen molar-refractivity contribution in [2.45, 2.75) is 0 Å². The van der Waals surface area contributed by atoms with Gasteiger partial charge in [0.1, 0.15) is 5.69 Å².